The van der Waals surface area contributed by atoms with E-state index >= 15 is 0 Å². The third kappa shape index (κ3) is 6.68. The predicted molar refractivity (Wildman–Crippen MR) is 193 cm³/mol. The average Bonchev–Trinajstić information content (AvgIpc) is 3.55. The third-order valence-electron chi connectivity index (χ3n) is 12.2. The topological polar surface area (TPSA) is 66.9 Å². The van der Waals surface area contributed by atoms with Gasteiger partial charge in [-0.3, -0.25) is 9.69 Å². The number of carbonyl (C=O) groups excluding carboxylic acids is 3. The van der Waals surface area contributed by atoms with Crippen molar-refractivity contribution in [3.05, 3.63) is 101 Å². The van der Waals surface area contributed by atoms with Gasteiger partial charge in [0.05, 0.1) is 24.7 Å². The Hall–Kier alpha value is -3.57. The highest BCUT2D eigenvalue weighted by Gasteiger charge is 2.62. The van der Waals surface area contributed by atoms with Gasteiger partial charge >= 0.3 is 6.15 Å². The molecule has 260 valence electrons. The van der Waals surface area contributed by atoms with Crippen LogP contribution in [0.15, 0.2) is 72.8 Å². The van der Waals surface area contributed by atoms with Crippen molar-refractivity contribution in [2.24, 2.45) is 17.8 Å². The summed E-state index contributed by atoms with van der Waals surface area (Å²) >= 11 is 0. The Morgan fingerprint density at radius 2 is 1.43 bits per heavy atom. The summed E-state index contributed by atoms with van der Waals surface area (Å²) in [7, 11) is 0. The monoisotopic (exact) mass is 662 g/mol. The van der Waals surface area contributed by atoms with Crippen LogP contribution in [0.3, 0.4) is 0 Å². The second-order valence-corrected chi connectivity index (χ2v) is 17.1. The third-order valence-corrected chi connectivity index (χ3v) is 12.2. The number of anilines is 1. The lowest BCUT2D eigenvalue weighted by atomic mass is 9.62. The fourth-order valence-electron chi connectivity index (χ4n) is 9.38. The predicted octanol–water partition coefficient (Wildman–Crippen LogP) is 8.21. The first-order valence-electron chi connectivity index (χ1n) is 18.2. The molecular weight excluding hydrogens is 608 g/mol. The first-order valence-corrected chi connectivity index (χ1v) is 18.2. The number of hydrogen-bond donors (Lipinski definition) is 0. The highest BCUT2D eigenvalue weighted by atomic mass is 16.5. The van der Waals surface area contributed by atoms with Crippen LogP contribution in [0.4, 0.5) is 5.69 Å². The fourth-order valence-corrected chi connectivity index (χ4v) is 9.38. The Morgan fingerprint density at radius 3 is 2.04 bits per heavy atom. The van der Waals surface area contributed by atoms with Gasteiger partial charge in [-0.2, -0.15) is 9.59 Å². The number of rotatable bonds is 5. The Kier molecular flexibility index (Phi) is 9.80. The van der Waals surface area contributed by atoms with Gasteiger partial charge < -0.3 is 9.64 Å². The van der Waals surface area contributed by atoms with E-state index in [2.05, 4.69) is 131 Å². The molecule has 6 heteroatoms. The van der Waals surface area contributed by atoms with Crippen molar-refractivity contribution in [2.45, 2.75) is 116 Å². The van der Waals surface area contributed by atoms with E-state index in [1.807, 2.05) is 0 Å². The first kappa shape index (κ1) is 35.3. The molecule has 3 aliphatic heterocycles. The van der Waals surface area contributed by atoms with Crippen LogP contribution in [0.2, 0.25) is 0 Å². The number of carbonyl (C=O) groups is 1. The number of fused-ring (bicyclic) bond motifs is 5. The minimum atomic E-state index is -0.449. The summed E-state index contributed by atoms with van der Waals surface area (Å²) < 4.78 is 6.69. The van der Waals surface area contributed by atoms with E-state index in [0.717, 1.165) is 38.0 Å². The van der Waals surface area contributed by atoms with Gasteiger partial charge in [0.1, 0.15) is 0 Å². The van der Waals surface area contributed by atoms with Gasteiger partial charge in [0, 0.05) is 18.3 Å². The Bertz CT molecular complexity index is 1660. The van der Waals surface area contributed by atoms with Gasteiger partial charge in [-0.15, -0.1) is 0 Å². The highest BCUT2D eigenvalue weighted by Crippen LogP contribution is 2.56. The quantitative estimate of drug-likeness (QED) is 0.276. The molecule has 2 saturated heterocycles. The second-order valence-electron chi connectivity index (χ2n) is 17.1. The van der Waals surface area contributed by atoms with E-state index in [9.17, 15) is 4.79 Å². The van der Waals surface area contributed by atoms with Gasteiger partial charge in [0.25, 0.3) is 0 Å². The zero-order valence-corrected chi connectivity index (χ0v) is 30.5. The molecular formula is C43H54N2O4. The van der Waals surface area contributed by atoms with Crippen LogP contribution >= 0.6 is 0 Å². The van der Waals surface area contributed by atoms with E-state index < -0.39 is 5.41 Å². The van der Waals surface area contributed by atoms with Crippen LogP contribution in [0.1, 0.15) is 102 Å². The molecule has 3 fully saturated rings. The van der Waals surface area contributed by atoms with Gasteiger partial charge in [-0.1, -0.05) is 115 Å². The molecule has 3 aromatic rings. The SMILES string of the molecule is C[C@@H]1[C@H]2C[C@@H]3N(CC[C@@]34C(=O)N(Cc3ccc(C(C)(C)C)cc3)c3ccccc34)C[C@@H]2CC[C@@H]1OCc1ccc(C(C)(C)C)cc1.O=C=O. The summed E-state index contributed by atoms with van der Waals surface area (Å²) in [5, 5.41) is 0. The molecule has 3 aromatic carbocycles. The number of para-hydroxylation sites is 1. The molecule has 0 aromatic heterocycles. The van der Waals surface area contributed by atoms with Crippen LogP contribution in [-0.2, 0) is 48.5 Å². The number of ether oxygens (including phenoxy) is 1. The van der Waals surface area contributed by atoms with Crippen molar-refractivity contribution in [3.63, 3.8) is 0 Å². The lowest BCUT2D eigenvalue weighted by Gasteiger charge is -2.51. The first-order chi connectivity index (χ1) is 23.3. The number of amides is 1. The number of nitrogens with zero attached hydrogens (tertiary/aromatic N) is 2. The smallest absolute Gasteiger partial charge is 0.373 e. The van der Waals surface area contributed by atoms with Crippen molar-refractivity contribution in [3.8, 4) is 0 Å². The van der Waals surface area contributed by atoms with Gasteiger partial charge in [-0.05, 0) is 94.7 Å². The molecule has 7 rings (SSSR count). The average molecular weight is 663 g/mol. The normalized spacial score (nSPS) is 27.9. The number of hydrogen-bond acceptors (Lipinski definition) is 5. The van der Waals surface area contributed by atoms with Crippen molar-refractivity contribution in [1.82, 2.24) is 4.90 Å². The van der Waals surface area contributed by atoms with E-state index in [1.54, 1.807) is 0 Å². The van der Waals surface area contributed by atoms with Crippen LogP contribution in [0.25, 0.3) is 0 Å². The van der Waals surface area contributed by atoms with Crippen LogP contribution in [-0.4, -0.2) is 42.2 Å². The van der Waals surface area contributed by atoms with E-state index in [0.29, 0.717) is 36.8 Å². The van der Waals surface area contributed by atoms with E-state index in [1.165, 1.54) is 34.2 Å². The molecule has 6 nitrogen and oxygen atoms in total. The maximum Gasteiger partial charge on any atom is 0.373 e. The molecule has 1 spiro atoms. The minimum absolute atomic E-state index is 0.114. The lowest BCUT2D eigenvalue weighted by Crippen LogP contribution is -2.57. The van der Waals surface area contributed by atoms with Crippen LogP contribution < -0.4 is 4.90 Å². The minimum Gasteiger partial charge on any atom is -0.373 e. The van der Waals surface area contributed by atoms with Crippen LogP contribution in [0.5, 0.6) is 0 Å². The van der Waals surface area contributed by atoms with Crippen molar-refractivity contribution in [2.75, 3.05) is 18.0 Å². The maximum atomic E-state index is 14.8. The van der Waals surface area contributed by atoms with E-state index in [-0.39, 0.29) is 29.1 Å². The number of benzene rings is 3. The molecule has 0 bridgehead atoms. The summed E-state index contributed by atoms with van der Waals surface area (Å²) in [5.41, 5.74) is 7.34. The molecule has 3 heterocycles. The summed E-state index contributed by atoms with van der Waals surface area (Å²) in [4.78, 5) is 35.9. The fraction of sp³-hybridized carbons (Fsp3) is 0.535. The summed E-state index contributed by atoms with van der Waals surface area (Å²) in [6.45, 7) is 19.4. The molecule has 4 aliphatic rings. The highest BCUT2D eigenvalue weighted by molar-refractivity contribution is 6.09. The molecule has 1 saturated carbocycles. The molecule has 0 N–H and O–H groups in total. The van der Waals surface area contributed by atoms with Gasteiger partial charge in [0.2, 0.25) is 5.91 Å². The number of piperidine rings is 1. The molecule has 6 atom stereocenters. The Balaban J connectivity index is 0.00000134. The summed E-state index contributed by atoms with van der Waals surface area (Å²) in [5.74, 6) is 2.07. The largest absolute Gasteiger partial charge is 0.373 e. The molecule has 0 unspecified atom stereocenters. The maximum absolute atomic E-state index is 14.8. The molecule has 1 amide bonds. The lowest BCUT2D eigenvalue weighted by molar-refractivity contribution is -0.191. The van der Waals surface area contributed by atoms with Gasteiger partial charge in [0.15, 0.2) is 0 Å². The second kappa shape index (κ2) is 13.6. The van der Waals surface area contributed by atoms with Crippen molar-refractivity contribution < 1.29 is 19.1 Å². The molecule has 0 radical (unpaired) electrons. The summed E-state index contributed by atoms with van der Waals surface area (Å²) in [6.07, 6.45) is 4.88. The van der Waals surface area contributed by atoms with Crippen LogP contribution in [0, 0.1) is 17.8 Å². The van der Waals surface area contributed by atoms with Crippen molar-refractivity contribution >= 4 is 17.7 Å². The summed E-state index contributed by atoms with van der Waals surface area (Å²) in [6, 6.07) is 26.8. The molecule has 49 heavy (non-hydrogen) atoms. The Labute approximate surface area is 293 Å². The molecule has 1 aliphatic carbocycles. The standard InChI is InChI=1S/C42H54N2O2.CO2/c1-28-34-24-38-42(35-10-8-9-11-36(35)44(39(42)45)25-29-12-17-32(18-13-29)40(2,3)4)22-23-43(38)26-31(34)16-21-37(28)46-27-30-14-19-33(20-15-30)41(5,6)7;2-1-3/h8-15,17-20,28,31,34,37-38H,16,21-27H2,1-7H3;/t28-,31+,34-,37+,38+,42+;/m1./s1. The zero-order valence-electron chi connectivity index (χ0n) is 30.5. The van der Waals surface area contributed by atoms with E-state index in [4.69, 9.17) is 14.3 Å². The zero-order chi connectivity index (χ0) is 35.1. The Morgan fingerprint density at radius 1 is 0.837 bits per heavy atom. The van der Waals surface area contributed by atoms with Gasteiger partial charge in [-0.25, -0.2) is 0 Å². The van der Waals surface area contributed by atoms with Crippen molar-refractivity contribution in [1.29, 1.82) is 0 Å².